The number of benzene rings is 1. The molecule has 1 rings (SSSR count). The minimum absolute atomic E-state index is 0.116. The van der Waals surface area contributed by atoms with Gasteiger partial charge in [0.15, 0.2) is 0 Å². The zero-order valence-electron chi connectivity index (χ0n) is 11.4. The first-order valence-electron chi connectivity index (χ1n) is 6.05. The summed E-state index contributed by atoms with van der Waals surface area (Å²) in [5.41, 5.74) is 5.36. The maximum Gasteiger partial charge on any atom is 0.252 e. The summed E-state index contributed by atoms with van der Waals surface area (Å²) in [5.74, 6) is -1.26. The summed E-state index contributed by atoms with van der Waals surface area (Å²) in [7, 11) is 0. The van der Waals surface area contributed by atoms with Gasteiger partial charge in [-0.2, -0.15) is 0 Å². The summed E-state index contributed by atoms with van der Waals surface area (Å²) in [4.78, 5) is 23.1. The molecule has 0 spiro atoms. The maximum absolute atomic E-state index is 11.8. The van der Waals surface area contributed by atoms with Crippen LogP contribution in [0.15, 0.2) is 24.3 Å². The molecule has 0 aliphatic heterocycles. The van der Waals surface area contributed by atoms with Gasteiger partial charge in [0, 0.05) is 5.92 Å². The van der Waals surface area contributed by atoms with Gasteiger partial charge < -0.3 is 15.8 Å². The van der Waals surface area contributed by atoms with Crippen molar-refractivity contribution in [2.45, 2.75) is 23.9 Å². The van der Waals surface area contributed by atoms with Gasteiger partial charge in [0.05, 0.1) is 5.56 Å². The number of nitrogens with one attached hydrogen (secondary N) is 1. The molecule has 0 unspecified atom stereocenters. The van der Waals surface area contributed by atoms with Gasteiger partial charge in [-0.1, -0.05) is 60.8 Å². The summed E-state index contributed by atoms with van der Waals surface area (Å²) in [6, 6.07) is 6.20. The Kier molecular flexibility index (Phi) is 6.13. The highest BCUT2D eigenvalue weighted by molar-refractivity contribution is 6.68. The highest BCUT2D eigenvalue weighted by Crippen LogP contribution is 2.33. The lowest BCUT2D eigenvalue weighted by molar-refractivity contribution is -0.126. The Bertz CT molecular complexity index is 530. The van der Waals surface area contributed by atoms with Crippen LogP contribution in [0.4, 0.5) is 0 Å². The first kappa shape index (κ1) is 17.9. The third kappa shape index (κ3) is 5.26. The number of ether oxygens (including phenoxy) is 1. The summed E-state index contributed by atoms with van der Waals surface area (Å²) in [5, 5.41) is 2.46. The van der Waals surface area contributed by atoms with Crippen LogP contribution in [0.5, 0.6) is 5.75 Å². The molecule has 3 N–H and O–H groups in total. The monoisotopic (exact) mass is 352 g/mol. The molecule has 0 aromatic heterocycles. The molecule has 1 aromatic carbocycles. The van der Waals surface area contributed by atoms with Gasteiger partial charge in [0.2, 0.25) is 15.9 Å². The van der Waals surface area contributed by atoms with Crippen LogP contribution >= 0.6 is 34.8 Å². The average Bonchev–Trinajstić information content (AvgIpc) is 2.36. The first-order valence-corrected chi connectivity index (χ1v) is 7.19. The molecule has 2 amide bonds. The van der Waals surface area contributed by atoms with E-state index in [0.717, 1.165) is 0 Å². The van der Waals surface area contributed by atoms with Gasteiger partial charge in [-0.15, -0.1) is 0 Å². The van der Waals surface area contributed by atoms with Crippen LogP contribution in [-0.4, -0.2) is 21.8 Å². The Morgan fingerprint density at radius 3 is 2.29 bits per heavy atom. The number of para-hydroxylation sites is 1. The predicted molar refractivity (Wildman–Crippen MR) is 82.6 cm³/mol. The van der Waals surface area contributed by atoms with E-state index in [2.05, 4.69) is 5.32 Å². The van der Waals surface area contributed by atoms with Crippen LogP contribution in [0.25, 0.3) is 0 Å². The van der Waals surface area contributed by atoms with Crippen LogP contribution in [0, 0.1) is 5.92 Å². The van der Waals surface area contributed by atoms with Crippen LogP contribution in [-0.2, 0) is 4.79 Å². The van der Waals surface area contributed by atoms with E-state index in [9.17, 15) is 9.59 Å². The number of hydrogen-bond acceptors (Lipinski definition) is 3. The SMILES string of the molecule is CC(C)C(=O)N[C@H](Oc1ccccc1C(N)=O)C(Cl)(Cl)Cl. The summed E-state index contributed by atoms with van der Waals surface area (Å²) in [6.45, 7) is 3.37. The second-order valence-electron chi connectivity index (χ2n) is 4.56. The van der Waals surface area contributed by atoms with E-state index in [1.807, 2.05) is 0 Å². The van der Waals surface area contributed by atoms with Crippen LogP contribution in [0.1, 0.15) is 24.2 Å². The fourth-order valence-electron chi connectivity index (χ4n) is 1.37. The molecule has 21 heavy (non-hydrogen) atoms. The van der Waals surface area contributed by atoms with Gasteiger partial charge in [-0.05, 0) is 12.1 Å². The van der Waals surface area contributed by atoms with E-state index in [0.29, 0.717) is 0 Å². The molecule has 5 nitrogen and oxygen atoms in total. The number of alkyl halides is 3. The van der Waals surface area contributed by atoms with E-state index in [-0.39, 0.29) is 23.1 Å². The predicted octanol–water partition coefficient (Wildman–Crippen LogP) is 2.63. The number of hydrogen-bond donors (Lipinski definition) is 2. The van der Waals surface area contributed by atoms with Crippen molar-refractivity contribution in [1.82, 2.24) is 5.32 Å². The Labute approximate surface area is 137 Å². The van der Waals surface area contributed by atoms with E-state index in [4.69, 9.17) is 45.3 Å². The van der Waals surface area contributed by atoms with Crippen molar-refractivity contribution in [2.75, 3.05) is 0 Å². The van der Waals surface area contributed by atoms with E-state index in [1.54, 1.807) is 26.0 Å². The van der Waals surface area contributed by atoms with E-state index >= 15 is 0 Å². The molecule has 0 aliphatic carbocycles. The summed E-state index contributed by atoms with van der Waals surface area (Å²) in [6.07, 6.45) is -1.27. The highest BCUT2D eigenvalue weighted by Gasteiger charge is 2.37. The Balaban J connectivity index is 3.03. The van der Waals surface area contributed by atoms with Crippen LogP contribution < -0.4 is 15.8 Å². The number of rotatable bonds is 5. The molecular formula is C13H15Cl3N2O3. The minimum atomic E-state index is -1.92. The molecule has 0 saturated carbocycles. The number of nitrogens with two attached hydrogens (primary N) is 1. The second-order valence-corrected chi connectivity index (χ2v) is 6.93. The first-order chi connectivity index (χ1) is 9.62. The molecule has 0 heterocycles. The van der Waals surface area contributed by atoms with Crippen molar-refractivity contribution in [3.8, 4) is 5.75 Å². The lowest BCUT2D eigenvalue weighted by atomic mass is 10.2. The molecule has 8 heteroatoms. The minimum Gasteiger partial charge on any atom is -0.465 e. The van der Waals surface area contributed by atoms with Crippen molar-refractivity contribution in [3.05, 3.63) is 29.8 Å². The van der Waals surface area contributed by atoms with Crippen molar-refractivity contribution >= 4 is 46.6 Å². The van der Waals surface area contributed by atoms with Gasteiger partial charge in [-0.3, -0.25) is 9.59 Å². The lowest BCUT2D eigenvalue weighted by Gasteiger charge is -2.27. The zero-order chi connectivity index (χ0) is 16.2. The number of carbonyl (C=O) groups excluding carboxylic acids is 2. The fraction of sp³-hybridized carbons (Fsp3) is 0.385. The topological polar surface area (TPSA) is 81.4 Å². The van der Waals surface area contributed by atoms with Crippen molar-refractivity contribution in [2.24, 2.45) is 11.7 Å². The smallest absolute Gasteiger partial charge is 0.252 e. The molecule has 1 aromatic rings. The summed E-state index contributed by atoms with van der Waals surface area (Å²) < 4.78 is 3.54. The number of carbonyl (C=O) groups is 2. The number of amides is 2. The van der Waals surface area contributed by atoms with E-state index < -0.39 is 15.9 Å². The average molecular weight is 354 g/mol. The molecule has 0 fully saturated rings. The molecule has 0 saturated heterocycles. The third-order valence-corrected chi connectivity index (χ3v) is 3.09. The Hall–Kier alpha value is -1.17. The Morgan fingerprint density at radius 2 is 1.81 bits per heavy atom. The van der Waals surface area contributed by atoms with Gasteiger partial charge in [0.1, 0.15) is 5.75 Å². The van der Waals surface area contributed by atoms with E-state index in [1.165, 1.54) is 12.1 Å². The van der Waals surface area contributed by atoms with Crippen LogP contribution in [0.2, 0.25) is 0 Å². The van der Waals surface area contributed by atoms with Crippen molar-refractivity contribution < 1.29 is 14.3 Å². The van der Waals surface area contributed by atoms with Crippen molar-refractivity contribution in [1.29, 1.82) is 0 Å². The quantitative estimate of drug-likeness (QED) is 0.630. The normalized spacial score (nSPS) is 12.9. The zero-order valence-corrected chi connectivity index (χ0v) is 13.7. The largest absolute Gasteiger partial charge is 0.465 e. The fourth-order valence-corrected chi connectivity index (χ4v) is 1.67. The number of primary amides is 1. The maximum atomic E-state index is 11.8. The van der Waals surface area contributed by atoms with Gasteiger partial charge >= 0.3 is 0 Å². The van der Waals surface area contributed by atoms with Gasteiger partial charge in [-0.25, -0.2) is 0 Å². The summed E-state index contributed by atoms with van der Waals surface area (Å²) >= 11 is 17.4. The molecule has 1 atom stereocenters. The molecule has 0 aliphatic rings. The highest BCUT2D eigenvalue weighted by atomic mass is 35.6. The second kappa shape index (κ2) is 7.20. The van der Waals surface area contributed by atoms with Gasteiger partial charge in [0.25, 0.3) is 5.91 Å². The Morgan fingerprint density at radius 1 is 1.24 bits per heavy atom. The molecular weight excluding hydrogens is 339 g/mol. The third-order valence-electron chi connectivity index (χ3n) is 2.49. The molecule has 116 valence electrons. The molecule has 0 bridgehead atoms. The standard InChI is InChI=1S/C13H15Cl3N2O3/c1-7(2)11(20)18-12(13(14,15)16)21-9-6-4-3-5-8(9)10(17)19/h3-7,12H,1-2H3,(H2,17,19)(H,18,20)/t12-/m1/s1. The van der Waals surface area contributed by atoms with Crippen molar-refractivity contribution in [3.63, 3.8) is 0 Å². The lowest BCUT2D eigenvalue weighted by Crippen LogP contribution is -2.49. The number of halogens is 3. The molecule has 0 radical (unpaired) electrons. The van der Waals surface area contributed by atoms with Crippen LogP contribution in [0.3, 0.4) is 0 Å².